The first kappa shape index (κ1) is 7.74. The number of halogens is 1. The van der Waals surface area contributed by atoms with Crippen LogP contribution in [0.15, 0.2) is 18.3 Å². The topological polar surface area (TPSA) is 30.0 Å². The van der Waals surface area contributed by atoms with Crippen molar-refractivity contribution < 1.29 is 4.79 Å². The lowest BCUT2D eigenvalue weighted by Crippen LogP contribution is -2.09. The second kappa shape index (κ2) is 2.56. The molecule has 1 heterocycles. The molecule has 1 saturated carbocycles. The van der Waals surface area contributed by atoms with Crippen LogP contribution in [0.5, 0.6) is 0 Å². The first-order chi connectivity index (χ1) is 5.77. The molecule has 1 radical (unpaired) electrons. The Kier molecular flexibility index (Phi) is 1.65. The van der Waals surface area contributed by atoms with Gasteiger partial charge in [0.15, 0.2) is 0 Å². The maximum atomic E-state index is 10.6. The van der Waals surface area contributed by atoms with Gasteiger partial charge in [0.1, 0.15) is 0 Å². The molecule has 12 heavy (non-hydrogen) atoms. The molecule has 1 aromatic rings. The quantitative estimate of drug-likeness (QED) is 0.696. The molecule has 0 unspecified atom stereocenters. The fourth-order valence-corrected chi connectivity index (χ4v) is 1.31. The van der Waals surface area contributed by atoms with Gasteiger partial charge in [0, 0.05) is 6.20 Å². The van der Waals surface area contributed by atoms with E-state index in [9.17, 15) is 4.79 Å². The van der Waals surface area contributed by atoms with Crippen molar-refractivity contribution in [3.63, 3.8) is 0 Å². The molecule has 2 nitrogen and oxygen atoms in total. The molecule has 1 aliphatic carbocycles. The number of hydrogen-bond donors (Lipinski definition) is 0. The highest BCUT2D eigenvalue weighted by molar-refractivity contribution is 6.30. The van der Waals surface area contributed by atoms with Crippen molar-refractivity contribution in [1.29, 1.82) is 0 Å². The summed E-state index contributed by atoms with van der Waals surface area (Å²) in [6.07, 6.45) is 5.33. The minimum absolute atomic E-state index is 0.398. The zero-order valence-electron chi connectivity index (χ0n) is 6.38. The van der Waals surface area contributed by atoms with Crippen LogP contribution < -0.4 is 0 Å². The van der Waals surface area contributed by atoms with Crippen LogP contribution in [0.4, 0.5) is 0 Å². The highest BCUT2D eigenvalue weighted by Crippen LogP contribution is 2.45. The van der Waals surface area contributed by atoms with Crippen LogP contribution in [0, 0.1) is 0 Å². The second-order valence-electron chi connectivity index (χ2n) is 3.05. The summed E-state index contributed by atoms with van der Waals surface area (Å²) in [6.45, 7) is 0. The van der Waals surface area contributed by atoms with Crippen LogP contribution in [0.3, 0.4) is 0 Å². The van der Waals surface area contributed by atoms with Gasteiger partial charge in [-0.15, -0.1) is 0 Å². The van der Waals surface area contributed by atoms with Gasteiger partial charge >= 0.3 is 0 Å². The lowest BCUT2D eigenvalue weighted by molar-refractivity contribution is 0.539. The lowest BCUT2D eigenvalue weighted by atomic mass is 10.0. The Morgan fingerprint density at radius 1 is 1.50 bits per heavy atom. The lowest BCUT2D eigenvalue weighted by Gasteiger charge is -2.03. The van der Waals surface area contributed by atoms with Crippen molar-refractivity contribution in [2.24, 2.45) is 0 Å². The molecule has 0 saturated heterocycles. The fourth-order valence-electron chi connectivity index (χ4n) is 1.19. The van der Waals surface area contributed by atoms with Crippen LogP contribution in [0.1, 0.15) is 18.5 Å². The number of pyridine rings is 1. The minimum Gasteiger partial charge on any atom is -0.290 e. The van der Waals surface area contributed by atoms with E-state index in [2.05, 4.69) is 4.98 Å². The van der Waals surface area contributed by atoms with E-state index < -0.39 is 5.41 Å². The third-order valence-corrected chi connectivity index (χ3v) is 2.39. The van der Waals surface area contributed by atoms with Crippen molar-refractivity contribution in [2.75, 3.05) is 0 Å². The number of rotatable bonds is 2. The Morgan fingerprint density at radius 2 is 2.25 bits per heavy atom. The Hall–Kier alpha value is -0.890. The van der Waals surface area contributed by atoms with E-state index in [4.69, 9.17) is 11.6 Å². The molecule has 0 bridgehead atoms. The van der Waals surface area contributed by atoms with E-state index in [0.717, 1.165) is 18.5 Å². The monoisotopic (exact) mass is 180 g/mol. The number of nitrogens with zero attached hydrogens (tertiary/aromatic N) is 1. The molecule has 0 atom stereocenters. The summed E-state index contributed by atoms with van der Waals surface area (Å²) >= 11 is 5.66. The smallest absolute Gasteiger partial charge is 0.211 e. The van der Waals surface area contributed by atoms with E-state index >= 15 is 0 Å². The number of hydrogen-bond acceptors (Lipinski definition) is 2. The molecule has 0 spiro atoms. The Morgan fingerprint density at radius 3 is 2.67 bits per heavy atom. The SMILES string of the molecule is O=[C]C1(c2ccc(Cl)cn2)CC1. The van der Waals surface area contributed by atoms with Crippen molar-refractivity contribution in [1.82, 2.24) is 4.98 Å². The summed E-state index contributed by atoms with van der Waals surface area (Å²) in [5, 5.41) is 0.598. The summed E-state index contributed by atoms with van der Waals surface area (Å²) in [4.78, 5) is 14.7. The highest BCUT2D eigenvalue weighted by atomic mass is 35.5. The average molecular weight is 181 g/mol. The summed E-state index contributed by atoms with van der Waals surface area (Å²) in [5.74, 6) is 0. The molecule has 2 rings (SSSR count). The average Bonchev–Trinajstić information content (AvgIpc) is 2.86. The molecule has 1 fully saturated rings. The molecule has 0 amide bonds. The van der Waals surface area contributed by atoms with Gasteiger partial charge in [-0.05, 0) is 25.0 Å². The summed E-state index contributed by atoms with van der Waals surface area (Å²) < 4.78 is 0. The van der Waals surface area contributed by atoms with E-state index in [1.165, 1.54) is 0 Å². The maximum absolute atomic E-state index is 10.6. The van der Waals surface area contributed by atoms with Gasteiger partial charge in [-0.2, -0.15) is 0 Å². The second-order valence-corrected chi connectivity index (χ2v) is 3.48. The summed E-state index contributed by atoms with van der Waals surface area (Å²) in [7, 11) is 0. The third-order valence-electron chi connectivity index (χ3n) is 2.16. The van der Waals surface area contributed by atoms with Gasteiger partial charge < -0.3 is 0 Å². The summed E-state index contributed by atoms with van der Waals surface area (Å²) in [5.41, 5.74) is 0.395. The van der Waals surface area contributed by atoms with Crippen molar-refractivity contribution in [3.05, 3.63) is 29.0 Å². The first-order valence-corrected chi connectivity index (χ1v) is 4.16. The van der Waals surface area contributed by atoms with Crippen molar-refractivity contribution >= 4 is 17.9 Å². The molecule has 3 heteroatoms. The molecule has 1 aliphatic rings. The fraction of sp³-hybridized carbons (Fsp3) is 0.333. The largest absolute Gasteiger partial charge is 0.290 e. The van der Waals surface area contributed by atoms with Crippen LogP contribution in [-0.4, -0.2) is 11.3 Å². The number of aromatic nitrogens is 1. The molecule has 61 valence electrons. The maximum Gasteiger partial charge on any atom is 0.211 e. The zero-order valence-corrected chi connectivity index (χ0v) is 7.14. The highest BCUT2D eigenvalue weighted by Gasteiger charge is 2.46. The van der Waals surface area contributed by atoms with Gasteiger partial charge in [-0.25, -0.2) is 0 Å². The normalized spacial score (nSPS) is 18.8. The molecule has 1 aromatic heterocycles. The van der Waals surface area contributed by atoms with Crippen LogP contribution in [-0.2, 0) is 10.2 Å². The zero-order chi connectivity index (χ0) is 8.60. The van der Waals surface area contributed by atoms with Crippen molar-refractivity contribution in [2.45, 2.75) is 18.3 Å². The molecular formula is C9H7ClNO. The van der Waals surface area contributed by atoms with Crippen LogP contribution >= 0.6 is 11.6 Å². The molecular weight excluding hydrogens is 174 g/mol. The molecule has 0 aromatic carbocycles. The number of carbonyl (C=O) groups excluding carboxylic acids is 1. The molecule has 0 N–H and O–H groups in total. The van der Waals surface area contributed by atoms with E-state index in [1.54, 1.807) is 18.3 Å². The predicted octanol–water partition coefficient (Wildman–Crippen LogP) is 1.88. The predicted molar refractivity (Wildman–Crippen MR) is 45.9 cm³/mol. The van der Waals surface area contributed by atoms with E-state index in [1.807, 2.05) is 6.29 Å². The Labute approximate surface area is 75.6 Å². The minimum atomic E-state index is -0.398. The van der Waals surface area contributed by atoms with Crippen LogP contribution in [0.25, 0.3) is 0 Å². The third kappa shape index (κ3) is 1.12. The van der Waals surface area contributed by atoms with Gasteiger partial charge in [0.25, 0.3) is 0 Å². The van der Waals surface area contributed by atoms with Gasteiger partial charge in [-0.3, -0.25) is 9.78 Å². The first-order valence-electron chi connectivity index (χ1n) is 3.78. The molecule has 0 aliphatic heterocycles. The Bertz CT molecular complexity index is 303. The van der Waals surface area contributed by atoms with Crippen molar-refractivity contribution in [3.8, 4) is 0 Å². The standard InChI is InChI=1S/C9H7ClNO/c10-7-1-2-8(11-5-7)9(6-12)3-4-9/h1-2,5H,3-4H2. The van der Waals surface area contributed by atoms with E-state index in [-0.39, 0.29) is 0 Å². The van der Waals surface area contributed by atoms with Crippen LogP contribution in [0.2, 0.25) is 5.02 Å². The van der Waals surface area contributed by atoms with E-state index in [0.29, 0.717) is 5.02 Å². The Balaban J connectivity index is 2.35. The van der Waals surface area contributed by atoms with Gasteiger partial charge in [0.2, 0.25) is 6.29 Å². The van der Waals surface area contributed by atoms with Gasteiger partial charge in [-0.1, -0.05) is 11.6 Å². The van der Waals surface area contributed by atoms with Gasteiger partial charge in [0.05, 0.1) is 16.1 Å². The summed E-state index contributed by atoms with van der Waals surface area (Å²) in [6, 6.07) is 3.54.